The molecule has 1 fully saturated rings. The van der Waals surface area contributed by atoms with Gasteiger partial charge in [-0.3, -0.25) is 43.7 Å². The minimum Gasteiger partial charge on any atom is -0.394 e. The molecule has 300 valence electrons. The number of hydrogen-bond acceptors (Lipinski definition) is 13. The molecule has 1 saturated heterocycles. The van der Waals surface area contributed by atoms with Crippen molar-refractivity contribution in [3.05, 3.63) is 35.9 Å². The second kappa shape index (κ2) is 22.8. The van der Waals surface area contributed by atoms with E-state index in [-0.39, 0.29) is 45.1 Å². The lowest BCUT2D eigenvalue weighted by molar-refractivity contribution is -0.137. The van der Waals surface area contributed by atoms with Crippen LogP contribution in [0.3, 0.4) is 0 Å². The molecule has 1 aromatic carbocycles. The van der Waals surface area contributed by atoms with Gasteiger partial charge in [-0.1, -0.05) is 30.3 Å². The zero-order chi connectivity index (χ0) is 40.4. The number of primary amides is 2. The van der Waals surface area contributed by atoms with Crippen molar-refractivity contribution in [1.82, 2.24) is 37.2 Å². The molecule has 3 unspecified atom stereocenters. The van der Waals surface area contributed by atoms with E-state index in [4.69, 9.17) is 11.5 Å². The van der Waals surface area contributed by atoms with Crippen LogP contribution in [-0.2, 0) is 44.8 Å². The molecular weight excluding hydrogens is 714 g/mol. The van der Waals surface area contributed by atoms with Crippen molar-refractivity contribution >= 4 is 47.3 Å². The summed E-state index contributed by atoms with van der Waals surface area (Å²) in [6.07, 6.45) is -1.70. The number of benzene rings is 1. The van der Waals surface area contributed by atoms with E-state index in [2.05, 4.69) is 37.2 Å². The van der Waals surface area contributed by atoms with E-state index in [9.17, 15) is 58.8 Å². The summed E-state index contributed by atoms with van der Waals surface area (Å²) in [5.74, 6) is -7.67. The smallest absolute Gasteiger partial charge is 0.245 e. The summed E-state index contributed by atoms with van der Waals surface area (Å²) in [6.45, 7) is -1.62. The minimum absolute atomic E-state index is 0.00323. The molecule has 8 amide bonds. The third kappa shape index (κ3) is 14.7. The number of amides is 8. The number of hydrogen-bond donors (Lipinski definition) is 13. The SMILES string of the molecule is C[C@@H](O)[C@@H]1NC(=O)C(N[C@@H](CO)C(N)=O)CCCCNC(=O)CCC(C(=O)N[C@@H](Cc2ccccc2)C(N)=O)NC(=O)C(CO)NC(=O)[C@H](CO)NC1=O. The normalized spacial score (nSPS) is 24.5. The fourth-order valence-corrected chi connectivity index (χ4v) is 5.29. The topological polar surface area (TPSA) is 354 Å². The quantitative estimate of drug-likeness (QED) is 0.0943. The Labute approximate surface area is 310 Å². The van der Waals surface area contributed by atoms with Crippen LogP contribution in [0.25, 0.3) is 0 Å². The van der Waals surface area contributed by atoms with E-state index >= 15 is 0 Å². The van der Waals surface area contributed by atoms with Crippen LogP contribution >= 0.6 is 0 Å². The standard InChI is InChI=1S/C33H51N9O12/c1-17(46)26-33(54)41-24(16-45)32(53)40-23(15-44)31(52)38-20(29(50)39-21(27(34)48)13-18-7-3-2-4-8-18)10-11-25(47)36-12-6-5-9-19(30(51)42-26)37-22(14-43)28(35)49/h2-4,7-8,17,19-24,26,37,43-46H,5-6,9-16H2,1H3,(H2,34,48)(H2,35,49)(H,36,47)(H,38,52)(H,39,50)(H,40,53)(H,41,54)(H,42,51)/t17-,19?,20?,21+,22+,23?,24+,26+/m1/s1. The first-order valence-electron chi connectivity index (χ1n) is 17.3. The second-order valence-electron chi connectivity index (χ2n) is 12.7. The third-order valence-electron chi connectivity index (χ3n) is 8.42. The lowest BCUT2D eigenvalue weighted by atomic mass is 10.0. The van der Waals surface area contributed by atoms with Crippen molar-refractivity contribution in [2.24, 2.45) is 11.5 Å². The molecule has 21 nitrogen and oxygen atoms in total. The molecule has 54 heavy (non-hydrogen) atoms. The van der Waals surface area contributed by atoms with E-state index < -0.39 is 115 Å². The monoisotopic (exact) mass is 765 g/mol. The van der Waals surface area contributed by atoms with Crippen LogP contribution in [0.15, 0.2) is 30.3 Å². The Balaban J connectivity index is 2.40. The molecule has 1 heterocycles. The summed E-state index contributed by atoms with van der Waals surface area (Å²) in [6, 6.07) is -2.01. The van der Waals surface area contributed by atoms with Crippen LogP contribution in [0.2, 0.25) is 0 Å². The Morgan fingerprint density at radius 2 is 1.39 bits per heavy atom. The van der Waals surface area contributed by atoms with Crippen LogP contribution < -0.4 is 48.7 Å². The van der Waals surface area contributed by atoms with Gasteiger partial charge in [0.2, 0.25) is 47.3 Å². The zero-order valence-electron chi connectivity index (χ0n) is 29.8. The fraction of sp³-hybridized carbons (Fsp3) is 0.576. The number of rotatable bonds is 12. The van der Waals surface area contributed by atoms with Gasteiger partial charge in [0.1, 0.15) is 36.3 Å². The van der Waals surface area contributed by atoms with Crippen molar-refractivity contribution in [1.29, 1.82) is 0 Å². The Morgan fingerprint density at radius 3 is 1.94 bits per heavy atom. The molecular formula is C33H51N9O12. The van der Waals surface area contributed by atoms with Crippen LogP contribution in [-0.4, -0.2) is 142 Å². The van der Waals surface area contributed by atoms with Gasteiger partial charge in [0, 0.05) is 19.4 Å². The average Bonchev–Trinajstić information content (AvgIpc) is 3.13. The molecule has 1 aliphatic rings. The van der Waals surface area contributed by atoms with E-state index in [1.807, 2.05) is 0 Å². The van der Waals surface area contributed by atoms with Crippen LogP contribution in [0, 0.1) is 0 Å². The first kappa shape index (κ1) is 44.9. The third-order valence-corrected chi connectivity index (χ3v) is 8.42. The van der Waals surface area contributed by atoms with Crippen LogP contribution in [0.4, 0.5) is 0 Å². The molecule has 21 heteroatoms. The number of carbonyl (C=O) groups excluding carboxylic acids is 8. The van der Waals surface area contributed by atoms with Gasteiger partial charge in [0.25, 0.3) is 0 Å². The van der Waals surface area contributed by atoms with E-state index in [0.717, 1.165) is 6.92 Å². The molecule has 1 aromatic rings. The lowest BCUT2D eigenvalue weighted by Gasteiger charge is -2.28. The summed E-state index contributed by atoms with van der Waals surface area (Å²) in [4.78, 5) is 103. The lowest BCUT2D eigenvalue weighted by Crippen LogP contribution is -2.62. The molecule has 0 aromatic heterocycles. The molecule has 15 N–H and O–H groups in total. The highest BCUT2D eigenvalue weighted by Gasteiger charge is 2.35. The van der Waals surface area contributed by atoms with Crippen molar-refractivity contribution < 1.29 is 58.8 Å². The Hall–Kier alpha value is -5.22. The number of aliphatic hydroxyl groups is 4. The second-order valence-corrected chi connectivity index (χ2v) is 12.7. The van der Waals surface area contributed by atoms with Gasteiger partial charge in [-0.25, -0.2) is 0 Å². The van der Waals surface area contributed by atoms with Crippen molar-refractivity contribution in [2.75, 3.05) is 26.4 Å². The fourth-order valence-electron chi connectivity index (χ4n) is 5.29. The highest BCUT2D eigenvalue weighted by Crippen LogP contribution is 2.08. The molecule has 0 radical (unpaired) electrons. The van der Waals surface area contributed by atoms with Gasteiger partial charge in [0.05, 0.1) is 32.0 Å². The number of nitrogens with two attached hydrogens (primary N) is 2. The number of carbonyl (C=O) groups is 8. The summed E-state index contributed by atoms with van der Waals surface area (Å²) in [7, 11) is 0. The largest absolute Gasteiger partial charge is 0.394 e. The summed E-state index contributed by atoms with van der Waals surface area (Å²) in [5, 5.41) is 56.5. The first-order valence-corrected chi connectivity index (χ1v) is 17.3. The summed E-state index contributed by atoms with van der Waals surface area (Å²) in [5.41, 5.74) is 11.5. The summed E-state index contributed by atoms with van der Waals surface area (Å²) < 4.78 is 0. The predicted molar refractivity (Wildman–Crippen MR) is 188 cm³/mol. The maximum Gasteiger partial charge on any atom is 0.245 e. The van der Waals surface area contributed by atoms with E-state index in [1.165, 1.54) is 0 Å². The molecule has 0 saturated carbocycles. The van der Waals surface area contributed by atoms with Gasteiger partial charge in [0.15, 0.2) is 0 Å². The van der Waals surface area contributed by atoms with E-state index in [1.54, 1.807) is 30.3 Å². The minimum atomic E-state index is -1.79. The maximum absolute atomic E-state index is 13.5. The zero-order valence-corrected chi connectivity index (χ0v) is 29.8. The van der Waals surface area contributed by atoms with Gasteiger partial charge in [-0.2, -0.15) is 0 Å². The molecule has 0 aliphatic carbocycles. The van der Waals surface area contributed by atoms with Crippen LogP contribution in [0.5, 0.6) is 0 Å². The molecule has 1 aliphatic heterocycles. The highest BCUT2D eigenvalue weighted by atomic mass is 16.3. The van der Waals surface area contributed by atoms with Gasteiger partial charge < -0.3 is 63.8 Å². The van der Waals surface area contributed by atoms with E-state index in [0.29, 0.717) is 5.56 Å². The number of aliphatic hydroxyl groups excluding tert-OH is 4. The van der Waals surface area contributed by atoms with Gasteiger partial charge >= 0.3 is 0 Å². The predicted octanol–water partition coefficient (Wildman–Crippen LogP) is -6.61. The average molecular weight is 766 g/mol. The van der Waals surface area contributed by atoms with Crippen molar-refractivity contribution in [3.63, 3.8) is 0 Å². The van der Waals surface area contributed by atoms with Gasteiger partial charge in [-0.15, -0.1) is 0 Å². The Kier molecular flexibility index (Phi) is 18.9. The molecule has 0 spiro atoms. The highest BCUT2D eigenvalue weighted by molar-refractivity contribution is 5.97. The summed E-state index contributed by atoms with van der Waals surface area (Å²) >= 11 is 0. The first-order chi connectivity index (χ1) is 25.6. The Morgan fingerprint density at radius 1 is 0.796 bits per heavy atom. The molecule has 0 bridgehead atoms. The van der Waals surface area contributed by atoms with Gasteiger partial charge in [-0.05, 0) is 38.2 Å². The maximum atomic E-state index is 13.5. The van der Waals surface area contributed by atoms with Crippen LogP contribution in [0.1, 0.15) is 44.6 Å². The molecule has 2 rings (SSSR count). The van der Waals surface area contributed by atoms with Crippen molar-refractivity contribution in [3.8, 4) is 0 Å². The Bertz CT molecular complexity index is 1470. The number of nitrogens with one attached hydrogen (secondary N) is 7. The van der Waals surface area contributed by atoms with Crippen molar-refractivity contribution in [2.45, 2.75) is 93.8 Å². The molecule has 8 atom stereocenters.